The highest BCUT2D eigenvalue weighted by atomic mass is 35.5. The maximum atomic E-state index is 12.6. The summed E-state index contributed by atoms with van der Waals surface area (Å²) in [5, 5.41) is 6.38. The summed E-state index contributed by atoms with van der Waals surface area (Å²) in [7, 11) is 3.88. The van der Waals surface area contributed by atoms with E-state index in [0.717, 1.165) is 59.3 Å². The van der Waals surface area contributed by atoms with E-state index in [1.807, 2.05) is 66.8 Å². The van der Waals surface area contributed by atoms with E-state index in [2.05, 4.69) is 15.2 Å². The molecule has 6 nitrogen and oxygen atoms in total. The largest absolute Gasteiger partial charge is 0.369 e. The number of halogens is 2. The van der Waals surface area contributed by atoms with E-state index >= 15 is 0 Å². The Kier molecular flexibility index (Phi) is 9.67. The molecule has 1 amide bonds. The molecule has 3 aromatic rings. The van der Waals surface area contributed by atoms with Crippen LogP contribution in [0, 0.1) is 0 Å². The van der Waals surface area contributed by atoms with Crippen molar-refractivity contribution in [3.63, 3.8) is 0 Å². The summed E-state index contributed by atoms with van der Waals surface area (Å²) in [6.07, 6.45) is 3.65. The van der Waals surface area contributed by atoms with Gasteiger partial charge in [-0.3, -0.25) is 9.69 Å². The molecule has 4 rings (SSSR count). The van der Waals surface area contributed by atoms with E-state index in [1.165, 1.54) is 11.8 Å². The number of likely N-dealkylation sites (tertiary alicyclic amines) is 1. The molecule has 2 aromatic carbocycles. The van der Waals surface area contributed by atoms with Crippen molar-refractivity contribution in [1.29, 1.82) is 0 Å². The molecular formula is C26H29Cl2N5OS2. The number of thiazole rings is 1. The highest BCUT2D eigenvalue weighted by Crippen LogP contribution is 2.30. The van der Waals surface area contributed by atoms with E-state index in [-0.39, 0.29) is 11.9 Å². The van der Waals surface area contributed by atoms with Crippen molar-refractivity contribution in [2.75, 3.05) is 32.9 Å². The first-order valence-electron chi connectivity index (χ1n) is 11.7. The quantitative estimate of drug-likeness (QED) is 0.191. The summed E-state index contributed by atoms with van der Waals surface area (Å²) >= 11 is 15.2. The number of carbonyl (C=O) groups excluding carboxylic acids is 1. The van der Waals surface area contributed by atoms with Crippen molar-refractivity contribution >= 4 is 64.2 Å². The van der Waals surface area contributed by atoms with Crippen LogP contribution in [-0.2, 0) is 11.3 Å². The van der Waals surface area contributed by atoms with E-state index in [0.29, 0.717) is 15.8 Å². The molecule has 2 heterocycles. The van der Waals surface area contributed by atoms with Crippen molar-refractivity contribution in [3.8, 4) is 11.3 Å². The molecule has 0 saturated carbocycles. The fraction of sp³-hybridized carbons (Fsp3) is 0.346. The predicted octanol–water partition coefficient (Wildman–Crippen LogP) is 6.21. The van der Waals surface area contributed by atoms with Gasteiger partial charge < -0.3 is 10.2 Å². The van der Waals surface area contributed by atoms with Crippen LogP contribution < -0.4 is 5.32 Å². The molecule has 0 atom stereocenters. The molecular weight excluding hydrogens is 533 g/mol. The standard InChI is InChI=1S/C26H29Cl2N5OS2/c1-32(2)17-29-21-5-3-4-19(13-21)24-15-35-26(31-24)36-16-25(34)30-20-8-10-33(11-9-20)14-18-6-7-22(27)23(28)12-18/h3-7,12-13,15,17,20H,8-11,14,16H2,1-2H3,(H,30,34)/b29-17+. The van der Waals surface area contributed by atoms with Crippen LogP contribution in [-0.4, -0.2) is 66.0 Å². The van der Waals surface area contributed by atoms with Gasteiger partial charge in [0.25, 0.3) is 0 Å². The number of benzene rings is 2. The fourth-order valence-electron chi connectivity index (χ4n) is 3.91. The van der Waals surface area contributed by atoms with Crippen LogP contribution in [0.2, 0.25) is 10.0 Å². The first kappa shape index (κ1) is 26.9. The van der Waals surface area contributed by atoms with E-state index in [1.54, 1.807) is 17.7 Å². The average molecular weight is 563 g/mol. The Bertz CT molecular complexity index is 1210. The Morgan fingerprint density at radius 2 is 2.03 bits per heavy atom. The van der Waals surface area contributed by atoms with Crippen LogP contribution in [0.25, 0.3) is 11.3 Å². The van der Waals surface area contributed by atoms with Crippen molar-refractivity contribution in [2.24, 2.45) is 4.99 Å². The number of nitrogens with zero attached hydrogens (tertiary/aromatic N) is 4. The number of aromatic nitrogens is 1. The molecule has 1 N–H and O–H groups in total. The molecule has 190 valence electrons. The molecule has 1 aliphatic rings. The van der Waals surface area contributed by atoms with Crippen LogP contribution in [0.1, 0.15) is 18.4 Å². The molecule has 0 unspecified atom stereocenters. The van der Waals surface area contributed by atoms with Crippen LogP contribution in [0.4, 0.5) is 5.69 Å². The Balaban J connectivity index is 1.21. The number of aliphatic imine (C=N–C) groups is 1. The zero-order valence-corrected chi connectivity index (χ0v) is 23.4. The second-order valence-electron chi connectivity index (χ2n) is 8.91. The number of thioether (sulfide) groups is 1. The summed E-state index contributed by atoms with van der Waals surface area (Å²) in [6, 6.07) is 14.0. The number of hydrogen-bond acceptors (Lipinski definition) is 6. The fourth-order valence-corrected chi connectivity index (χ4v) is 5.88. The van der Waals surface area contributed by atoms with Gasteiger partial charge in [0.2, 0.25) is 5.91 Å². The van der Waals surface area contributed by atoms with Gasteiger partial charge >= 0.3 is 0 Å². The lowest BCUT2D eigenvalue weighted by atomic mass is 10.0. The smallest absolute Gasteiger partial charge is 0.230 e. The highest BCUT2D eigenvalue weighted by molar-refractivity contribution is 8.01. The van der Waals surface area contributed by atoms with Crippen LogP contribution in [0.3, 0.4) is 0 Å². The van der Waals surface area contributed by atoms with Crippen molar-refractivity contribution < 1.29 is 4.79 Å². The molecule has 1 fully saturated rings. The topological polar surface area (TPSA) is 60.8 Å². The third kappa shape index (κ3) is 7.95. The lowest BCUT2D eigenvalue weighted by Crippen LogP contribution is -2.44. The number of nitrogens with one attached hydrogen (secondary N) is 1. The third-order valence-electron chi connectivity index (χ3n) is 5.73. The summed E-state index contributed by atoms with van der Waals surface area (Å²) in [5.74, 6) is 0.420. The van der Waals surface area contributed by atoms with Gasteiger partial charge in [-0.2, -0.15) is 0 Å². The summed E-state index contributed by atoms with van der Waals surface area (Å²) < 4.78 is 0.888. The number of piperidine rings is 1. The number of carbonyl (C=O) groups is 1. The Morgan fingerprint density at radius 1 is 1.22 bits per heavy atom. The molecule has 36 heavy (non-hydrogen) atoms. The minimum atomic E-state index is 0.0553. The van der Waals surface area contributed by atoms with Gasteiger partial charge in [0.05, 0.1) is 33.5 Å². The van der Waals surface area contributed by atoms with Crippen LogP contribution in [0.15, 0.2) is 57.2 Å². The van der Waals surface area contributed by atoms with Crippen molar-refractivity contribution in [3.05, 3.63) is 63.5 Å². The molecule has 0 aliphatic carbocycles. The van der Waals surface area contributed by atoms with Gasteiger partial charge in [0.15, 0.2) is 4.34 Å². The monoisotopic (exact) mass is 561 g/mol. The zero-order chi connectivity index (χ0) is 25.5. The van der Waals surface area contributed by atoms with E-state index < -0.39 is 0 Å². The number of hydrogen-bond donors (Lipinski definition) is 1. The normalized spacial score (nSPS) is 14.9. The minimum absolute atomic E-state index is 0.0553. The molecule has 1 aromatic heterocycles. The van der Waals surface area contributed by atoms with Crippen molar-refractivity contribution in [2.45, 2.75) is 29.8 Å². The van der Waals surface area contributed by atoms with Crippen LogP contribution in [0.5, 0.6) is 0 Å². The summed E-state index contributed by atoms with van der Waals surface area (Å²) in [5.41, 5.74) is 3.95. The SMILES string of the molecule is CN(C)/C=N/c1cccc(-c2csc(SCC(=O)NC3CCN(Cc4ccc(Cl)c(Cl)c4)CC3)n2)c1. The molecule has 0 spiro atoms. The van der Waals surface area contributed by atoms with E-state index in [4.69, 9.17) is 28.2 Å². The highest BCUT2D eigenvalue weighted by Gasteiger charge is 2.21. The molecule has 0 radical (unpaired) electrons. The van der Waals surface area contributed by atoms with Gasteiger partial charge in [0.1, 0.15) is 0 Å². The minimum Gasteiger partial charge on any atom is -0.369 e. The number of rotatable bonds is 9. The third-order valence-corrected chi connectivity index (χ3v) is 8.49. The van der Waals surface area contributed by atoms with Crippen LogP contribution >= 0.6 is 46.3 Å². The predicted molar refractivity (Wildman–Crippen MR) is 153 cm³/mol. The summed E-state index contributed by atoms with van der Waals surface area (Å²) in [6.45, 7) is 2.71. The lowest BCUT2D eigenvalue weighted by molar-refractivity contribution is -0.119. The van der Waals surface area contributed by atoms with Crippen molar-refractivity contribution in [1.82, 2.24) is 20.1 Å². The average Bonchev–Trinajstić information content (AvgIpc) is 3.34. The van der Waals surface area contributed by atoms with Gasteiger partial charge in [-0.05, 0) is 42.7 Å². The van der Waals surface area contributed by atoms with Gasteiger partial charge in [0, 0.05) is 50.7 Å². The summed E-state index contributed by atoms with van der Waals surface area (Å²) in [4.78, 5) is 26.0. The van der Waals surface area contributed by atoms with E-state index in [9.17, 15) is 4.79 Å². The molecule has 1 aliphatic heterocycles. The molecule has 0 bridgehead atoms. The first-order valence-corrected chi connectivity index (χ1v) is 14.3. The maximum absolute atomic E-state index is 12.6. The molecule has 10 heteroatoms. The Hall–Kier alpha value is -2.10. The second kappa shape index (κ2) is 12.9. The zero-order valence-electron chi connectivity index (χ0n) is 20.3. The molecule has 1 saturated heterocycles. The lowest BCUT2D eigenvalue weighted by Gasteiger charge is -2.32. The Labute approximate surface area is 230 Å². The van der Waals surface area contributed by atoms with Gasteiger partial charge in [-0.15, -0.1) is 11.3 Å². The Morgan fingerprint density at radius 3 is 2.78 bits per heavy atom. The maximum Gasteiger partial charge on any atom is 0.230 e. The van der Waals surface area contributed by atoms with Gasteiger partial charge in [-0.25, -0.2) is 9.98 Å². The van der Waals surface area contributed by atoms with Gasteiger partial charge in [-0.1, -0.05) is 53.2 Å². The second-order valence-corrected chi connectivity index (χ2v) is 11.8. The number of amides is 1. The first-order chi connectivity index (χ1) is 17.4.